The van der Waals surface area contributed by atoms with E-state index in [2.05, 4.69) is 0 Å². The number of hydrogen-bond acceptors (Lipinski definition) is 9. The van der Waals surface area contributed by atoms with Gasteiger partial charge in [-0.2, -0.15) is 0 Å². The Morgan fingerprint density at radius 2 is 1.50 bits per heavy atom. The number of fused-ring (bicyclic) bond motifs is 1. The quantitative estimate of drug-likeness (QED) is 0.249. The number of rotatable bonds is 8. The molecule has 0 aliphatic carbocycles. The van der Waals surface area contributed by atoms with Crippen LogP contribution in [0.3, 0.4) is 0 Å². The Balaban J connectivity index is 1.55. The molecule has 0 bridgehead atoms. The van der Waals surface area contributed by atoms with E-state index in [-0.39, 0.29) is 34.6 Å². The molecule has 0 aliphatic rings. The minimum Gasteiger partial charge on any atom is -0.496 e. The summed E-state index contributed by atoms with van der Waals surface area (Å²) in [6.45, 7) is 1.99. The number of carbonyl (C=O) groups is 2. The summed E-state index contributed by atoms with van der Waals surface area (Å²) in [5.74, 6) is -0.104. The number of methoxy groups -OCH3 is 2. The zero-order valence-electron chi connectivity index (χ0n) is 19.7. The Kier molecular flexibility index (Phi) is 7.20. The standard InChI is InChI=1S/C27H22O9/c1-4-33-26(29)16-8-10-17(11-9-16)35-23-15-34-22-14-18(12-13-19(22)25(23)28)36-27(30)24-20(31-2)6-5-7-21(24)32-3/h5-15H,4H2,1-3H3. The SMILES string of the molecule is CCOC(=O)c1ccc(Oc2coc3cc(OC(=O)c4c(OC)cccc4OC)ccc3c2=O)cc1. The molecule has 0 amide bonds. The van der Waals surface area contributed by atoms with E-state index in [0.29, 0.717) is 22.8 Å². The van der Waals surface area contributed by atoms with Crippen molar-refractivity contribution in [3.63, 3.8) is 0 Å². The van der Waals surface area contributed by atoms with Crippen molar-refractivity contribution in [3.8, 4) is 28.7 Å². The minimum absolute atomic E-state index is 0.0464. The van der Waals surface area contributed by atoms with E-state index in [4.69, 9.17) is 28.1 Å². The van der Waals surface area contributed by atoms with Crippen LogP contribution in [0.1, 0.15) is 27.6 Å². The molecule has 0 fully saturated rings. The topological polar surface area (TPSA) is 110 Å². The number of ether oxygens (including phenoxy) is 5. The van der Waals surface area contributed by atoms with E-state index < -0.39 is 17.4 Å². The summed E-state index contributed by atoms with van der Waals surface area (Å²) >= 11 is 0. The predicted molar refractivity (Wildman–Crippen MR) is 129 cm³/mol. The minimum atomic E-state index is -0.697. The van der Waals surface area contributed by atoms with Crippen LogP contribution in [0.15, 0.2) is 76.1 Å². The summed E-state index contributed by atoms with van der Waals surface area (Å²) in [4.78, 5) is 37.5. The Morgan fingerprint density at radius 1 is 0.833 bits per heavy atom. The lowest BCUT2D eigenvalue weighted by atomic mass is 10.1. The molecule has 0 saturated carbocycles. The molecule has 4 rings (SSSR count). The van der Waals surface area contributed by atoms with Gasteiger partial charge < -0.3 is 28.1 Å². The first-order valence-corrected chi connectivity index (χ1v) is 10.9. The number of benzene rings is 3. The van der Waals surface area contributed by atoms with Gasteiger partial charge in [-0.25, -0.2) is 9.59 Å². The van der Waals surface area contributed by atoms with Gasteiger partial charge in [-0.1, -0.05) is 6.07 Å². The van der Waals surface area contributed by atoms with Crippen LogP contribution in [0.5, 0.6) is 28.7 Å². The predicted octanol–water partition coefficient (Wildman–Crippen LogP) is 5.00. The molecular formula is C27H22O9. The average molecular weight is 490 g/mol. The summed E-state index contributed by atoms with van der Waals surface area (Å²) in [7, 11) is 2.87. The van der Waals surface area contributed by atoms with Gasteiger partial charge in [0.15, 0.2) is 0 Å². The van der Waals surface area contributed by atoms with E-state index in [9.17, 15) is 14.4 Å². The summed E-state index contributed by atoms with van der Waals surface area (Å²) in [6.07, 6.45) is 1.17. The van der Waals surface area contributed by atoms with Gasteiger partial charge in [-0.3, -0.25) is 4.79 Å². The molecule has 0 radical (unpaired) electrons. The van der Waals surface area contributed by atoms with Crippen LogP contribution in [0.4, 0.5) is 0 Å². The summed E-state index contributed by atoms with van der Waals surface area (Å²) in [6, 6.07) is 15.4. The first-order chi connectivity index (χ1) is 17.4. The van der Waals surface area contributed by atoms with Crippen LogP contribution in [0, 0.1) is 0 Å². The number of esters is 2. The fourth-order valence-electron chi connectivity index (χ4n) is 3.44. The molecule has 1 heterocycles. The van der Waals surface area contributed by atoms with Gasteiger partial charge in [-0.05, 0) is 55.5 Å². The first-order valence-electron chi connectivity index (χ1n) is 10.9. The van der Waals surface area contributed by atoms with E-state index in [0.717, 1.165) is 0 Å². The smallest absolute Gasteiger partial charge is 0.351 e. The monoisotopic (exact) mass is 490 g/mol. The maximum atomic E-state index is 12.9. The Labute approximate surface area is 205 Å². The largest absolute Gasteiger partial charge is 0.496 e. The van der Waals surface area contributed by atoms with Gasteiger partial charge in [0.05, 0.1) is 31.8 Å². The Bertz CT molecular complexity index is 1450. The molecule has 0 unspecified atom stereocenters. The summed E-state index contributed by atoms with van der Waals surface area (Å²) in [5, 5.41) is 0.227. The van der Waals surface area contributed by atoms with Gasteiger partial charge in [0, 0.05) is 6.07 Å². The van der Waals surface area contributed by atoms with Crippen LogP contribution in [-0.2, 0) is 4.74 Å². The first kappa shape index (κ1) is 24.3. The molecule has 1 aromatic heterocycles. The summed E-state index contributed by atoms with van der Waals surface area (Å²) in [5.41, 5.74) is 0.265. The van der Waals surface area contributed by atoms with Crippen molar-refractivity contribution in [1.82, 2.24) is 0 Å². The summed E-state index contributed by atoms with van der Waals surface area (Å²) < 4.78 is 32.1. The van der Waals surface area contributed by atoms with Crippen molar-refractivity contribution in [2.45, 2.75) is 6.92 Å². The van der Waals surface area contributed by atoms with Crippen molar-refractivity contribution < 1.29 is 37.7 Å². The molecule has 4 aromatic rings. The molecule has 0 saturated heterocycles. The van der Waals surface area contributed by atoms with Gasteiger partial charge in [-0.15, -0.1) is 0 Å². The average Bonchev–Trinajstić information content (AvgIpc) is 2.90. The molecule has 0 atom stereocenters. The van der Waals surface area contributed by atoms with Gasteiger partial charge in [0.25, 0.3) is 0 Å². The number of hydrogen-bond donors (Lipinski definition) is 0. The van der Waals surface area contributed by atoms with E-state index in [1.807, 2.05) is 0 Å². The third-order valence-corrected chi connectivity index (χ3v) is 5.15. The highest BCUT2D eigenvalue weighted by atomic mass is 16.5. The second-order valence-electron chi connectivity index (χ2n) is 7.36. The van der Waals surface area contributed by atoms with Crippen molar-refractivity contribution in [2.24, 2.45) is 0 Å². The maximum absolute atomic E-state index is 12.9. The van der Waals surface area contributed by atoms with Crippen LogP contribution in [0.25, 0.3) is 11.0 Å². The zero-order chi connectivity index (χ0) is 25.7. The van der Waals surface area contributed by atoms with Gasteiger partial charge in [0.2, 0.25) is 11.2 Å². The molecular weight excluding hydrogens is 468 g/mol. The molecule has 9 heteroatoms. The molecule has 0 N–H and O–H groups in total. The molecule has 9 nitrogen and oxygen atoms in total. The third-order valence-electron chi connectivity index (χ3n) is 5.15. The van der Waals surface area contributed by atoms with Crippen molar-refractivity contribution >= 4 is 22.9 Å². The lowest BCUT2D eigenvalue weighted by molar-refractivity contribution is 0.0526. The second-order valence-corrected chi connectivity index (χ2v) is 7.36. The van der Waals surface area contributed by atoms with E-state index >= 15 is 0 Å². The van der Waals surface area contributed by atoms with Crippen LogP contribution >= 0.6 is 0 Å². The highest BCUT2D eigenvalue weighted by Gasteiger charge is 2.21. The molecule has 0 spiro atoms. The zero-order valence-corrected chi connectivity index (χ0v) is 19.7. The van der Waals surface area contributed by atoms with E-state index in [1.54, 1.807) is 37.3 Å². The normalized spacial score (nSPS) is 10.5. The highest BCUT2D eigenvalue weighted by Crippen LogP contribution is 2.30. The lowest BCUT2D eigenvalue weighted by Gasteiger charge is -2.12. The molecule has 184 valence electrons. The van der Waals surface area contributed by atoms with Crippen molar-refractivity contribution in [3.05, 3.63) is 88.3 Å². The van der Waals surface area contributed by atoms with Crippen LogP contribution in [0.2, 0.25) is 0 Å². The Hall–Kier alpha value is -4.79. The van der Waals surface area contributed by atoms with Gasteiger partial charge in [0.1, 0.15) is 40.4 Å². The Morgan fingerprint density at radius 3 is 2.14 bits per heavy atom. The lowest BCUT2D eigenvalue weighted by Crippen LogP contribution is -2.12. The van der Waals surface area contributed by atoms with Crippen molar-refractivity contribution in [2.75, 3.05) is 20.8 Å². The molecule has 0 aliphatic heterocycles. The second kappa shape index (κ2) is 10.6. The molecule has 36 heavy (non-hydrogen) atoms. The fraction of sp³-hybridized carbons (Fsp3) is 0.148. The highest BCUT2D eigenvalue weighted by molar-refractivity contribution is 5.97. The number of carbonyl (C=O) groups excluding carboxylic acids is 2. The fourth-order valence-corrected chi connectivity index (χ4v) is 3.44. The van der Waals surface area contributed by atoms with Gasteiger partial charge >= 0.3 is 11.9 Å². The van der Waals surface area contributed by atoms with E-state index in [1.165, 1.54) is 50.8 Å². The molecule has 3 aromatic carbocycles. The third kappa shape index (κ3) is 5.00. The van der Waals surface area contributed by atoms with Crippen molar-refractivity contribution in [1.29, 1.82) is 0 Å². The van der Waals surface area contributed by atoms with Crippen LogP contribution in [-0.4, -0.2) is 32.8 Å². The van der Waals surface area contributed by atoms with Crippen LogP contribution < -0.4 is 24.4 Å². The maximum Gasteiger partial charge on any atom is 0.351 e.